The molecule has 1 spiro atoms. The number of urea groups is 1. The van der Waals surface area contributed by atoms with Gasteiger partial charge in [0.05, 0.1) is 26.3 Å². The molecule has 0 bridgehead atoms. The van der Waals surface area contributed by atoms with Crippen LogP contribution in [0.15, 0.2) is 42.2 Å². The lowest BCUT2D eigenvalue weighted by atomic mass is 9.82. The Morgan fingerprint density at radius 3 is 2.51 bits per heavy atom. The third-order valence-electron chi connectivity index (χ3n) is 7.95. The third-order valence-corrected chi connectivity index (χ3v) is 7.95. The molecule has 1 aromatic carbocycles. The molecule has 8 nitrogen and oxygen atoms in total. The number of amides is 3. The zero-order valence-corrected chi connectivity index (χ0v) is 21.2. The predicted molar refractivity (Wildman–Crippen MR) is 133 cm³/mol. The maximum atomic E-state index is 13.7. The second kappa shape index (κ2) is 8.66. The molecule has 2 fully saturated rings. The van der Waals surface area contributed by atoms with Crippen LogP contribution in [0.5, 0.6) is 11.5 Å². The van der Waals surface area contributed by atoms with E-state index in [1.807, 2.05) is 63.7 Å². The van der Waals surface area contributed by atoms with Crippen molar-refractivity contribution in [2.24, 2.45) is 7.05 Å². The molecular weight excluding hydrogens is 444 g/mol. The van der Waals surface area contributed by atoms with Gasteiger partial charge in [0, 0.05) is 56.1 Å². The molecule has 2 saturated heterocycles. The molecule has 5 rings (SSSR count). The van der Waals surface area contributed by atoms with Gasteiger partial charge < -0.3 is 23.8 Å². The topological polar surface area (TPSA) is 67.2 Å². The molecule has 1 unspecified atom stereocenters. The number of piperidine rings is 1. The zero-order valence-electron chi connectivity index (χ0n) is 21.2. The number of carbonyl (C=O) groups excluding carboxylic acids is 2. The molecule has 3 aliphatic rings. The number of rotatable bonds is 4. The Labute approximate surface area is 206 Å². The van der Waals surface area contributed by atoms with Crippen molar-refractivity contribution in [3.8, 4) is 11.5 Å². The Bertz CT molecular complexity index is 1190. The number of hydrogen-bond donors (Lipinski definition) is 0. The lowest BCUT2D eigenvalue weighted by molar-refractivity contribution is 0.0567. The molecule has 4 heterocycles. The fraction of sp³-hybridized carbons (Fsp3) is 0.481. The highest BCUT2D eigenvalue weighted by Crippen LogP contribution is 2.49. The van der Waals surface area contributed by atoms with Crippen molar-refractivity contribution in [2.75, 3.05) is 33.9 Å². The van der Waals surface area contributed by atoms with Crippen LogP contribution in [0.2, 0.25) is 0 Å². The van der Waals surface area contributed by atoms with Crippen molar-refractivity contribution in [2.45, 2.75) is 44.7 Å². The van der Waals surface area contributed by atoms with Crippen LogP contribution in [0, 0.1) is 0 Å². The molecule has 1 aromatic heterocycles. The lowest BCUT2D eigenvalue weighted by Gasteiger charge is -2.44. The number of hydrogen-bond acceptors (Lipinski definition) is 4. The molecular formula is C27H34N4O4. The number of ether oxygens (including phenoxy) is 2. The van der Waals surface area contributed by atoms with E-state index in [1.54, 1.807) is 14.2 Å². The summed E-state index contributed by atoms with van der Waals surface area (Å²) in [4.78, 5) is 32.7. The summed E-state index contributed by atoms with van der Waals surface area (Å²) in [7, 11) is 5.21. The average molecular weight is 479 g/mol. The van der Waals surface area contributed by atoms with Crippen molar-refractivity contribution in [1.29, 1.82) is 0 Å². The zero-order chi connectivity index (χ0) is 24.9. The Kier molecular flexibility index (Phi) is 5.77. The monoisotopic (exact) mass is 478 g/mol. The van der Waals surface area contributed by atoms with E-state index in [0.717, 1.165) is 28.3 Å². The van der Waals surface area contributed by atoms with Crippen molar-refractivity contribution < 1.29 is 19.1 Å². The molecule has 0 saturated carbocycles. The SMILES string of the molecule is CCN1C(=O)N2Cc3cc(OC)cc(OC)c3C(C)C=C2C12CCN(C(=O)c1cccn1C)CC2. The van der Waals surface area contributed by atoms with Gasteiger partial charge in [-0.2, -0.15) is 0 Å². The first kappa shape index (κ1) is 23.3. The molecule has 8 heteroatoms. The number of benzene rings is 1. The average Bonchev–Trinajstić information content (AvgIpc) is 3.32. The van der Waals surface area contributed by atoms with Crippen LogP contribution in [-0.4, -0.2) is 70.6 Å². The normalized spacial score (nSPS) is 20.9. The fourth-order valence-corrected chi connectivity index (χ4v) is 6.19. The highest BCUT2D eigenvalue weighted by molar-refractivity contribution is 5.93. The summed E-state index contributed by atoms with van der Waals surface area (Å²) < 4.78 is 13.1. The first-order chi connectivity index (χ1) is 16.8. The minimum atomic E-state index is -0.412. The van der Waals surface area contributed by atoms with Gasteiger partial charge in [0.1, 0.15) is 17.2 Å². The standard InChI is InChI=1S/C27H34N4O4/c1-6-31-26(33)30-17-19-15-20(34-4)16-22(35-5)24(19)18(2)14-23(30)27(31)9-12-29(13-10-27)25(32)21-8-7-11-28(21)3/h7-8,11,14-16,18H,6,9-10,12-13,17H2,1-5H3. The summed E-state index contributed by atoms with van der Waals surface area (Å²) in [5.74, 6) is 1.61. The molecule has 0 aliphatic carbocycles. The molecule has 0 radical (unpaired) electrons. The van der Waals surface area contributed by atoms with Crippen molar-refractivity contribution in [1.82, 2.24) is 19.3 Å². The largest absolute Gasteiger partial charge is 0.497 e. The second-order valence-corrected chi connectivity index (χ2v) is 9.68. The van der Waals surface area contributed by atoms with Gasteiger partial charge in [-0.1, -0.05) is 13.0 Å². The molecule has 0 N–H and O–H groups in total. The number of nitrogens with zero attached hydrogens (tertiary/aromatic N) is 4. The number of methoxy groups -OCH3 is 2. The number of aryl methyl sites for hydroxylation is 1. The Balaban J connectivity index is 1.50. The predicted octanol–water partition coefficient (Wildman–Crippen LogP) is 3.98. The highest BCUT2D eigenvalue weighted by atomic mass is 16.5. The number of likely N-dealkylation sites (tertiary alicyclic amines) is 1. The van der Waals surface area contributed by atoms with Crippen LogP contribution in [-0.2, 0) is 13.6 Å². The van der Waals surface area contributed by atoms with E-state index in [1.165, 1.54) is 0 Å². The van der Waals surface area contributed by atoms with E-state index in [9.17, 15) is 9.59 Å². The van der Waals surface area contributed by atoms with E-state index < -0.39 is 5.54 Å². The van der Waals surface area contributed by atoms with Gasteiger partial charge >= 0.3 is 6.03 Å². The smallest absolute Gasteiger partial charge is 0.325 e. The number of aromatic nitrogens is 1. The summed E-state index contributed by atoms with van der Waals surface area (Å²) in [5, 5.41) is 0. The Morgan fingerprint density at radius 2 is 1.91 bits per heavy atom. The highest BCUT2D eigenvalue weighted by Gasteiger charge is 2.55. The summed E-state index contributed by atoms with van der Waals surface area (Å²) in [6, 6.07) is 7.71. The second-order valence-electron chi connectivity index (χ2n) is 9.68. The van der Waals surface area contributed by atoms with E-state index in [0.29, 0.717) is 44.7 Å². The van der Waals surface area contributed by atoms with E-state index >= 15 is 0 Å². The molecule has 2 aromatic rings. The summed E-state index contributed by atoms with van der Waals surface area (Å²) in [5.41, 5.74) is 3.47. The number of allylic oxidation sites excluding steroid dienone is 1. The maximum Gasteiger partial charge on any atom is 0.325 e. The van der Waals surface area contributed by atoms with Gasteiger partial charge in [-0.15, -0.1) is 0 Å². The van der Waals surface area contributed by atoms with Gasteiger partial charge in [0.15, 0.2) is 0 Å². The Hall–Kier alpha value is -3.42. The number of fused-ring (bicyclic) bond motifs is 3. The first-order valence-corrected chi connectivity index (χ1v) is 12.3. The maximum absolute atomic E-state index is 13.7. The van der Waals surface area contributed by atoms with E-state index in [2.05, 4.69) is 13.0 Å². The van der Waals surface area contributed by atoms with Gasteiger partial charge in [-0.05, 0) is 43.5 Å². The Morgan fingerprint density at radius 1 is 1.17 bits per heavy atom. The van der Waals surface area contributed by atoms with E-state index in [-0.39, 0.29) is 17.9 Å². The van der Waals surface area contributed by atoms with Crippen LogP contribution in [0.4, 0.5) is 4.79 Å². The van der Waals surface area contributed by atoms with Gasteiger partial charge in [0.25, 0.3) is 5.91 Å². The summed E-state index contributed by atoms with van der Waals surface area (Å²) in [6.07, 6.45) is 5.57. The first-order valence-electron chi connectivity index (χ1n) is 12.3. The third kappa shape index (κ3) is 3.49. The molecule has 1 atom stereocenters. The molecule has 35 heavy (non-hydrogen) atoms. The van der Waals surface area contributed by atoms with Gasteiger partial charge in [-0.25, -0.2) is 4.79 Å². The minimum Gasteiger partial charge on any atom is -0.497 e. The molecule has 3 amide bonds. The van der Waals surface area contributed by atoms with Crippen LogP contribution >= 0.6 is 0 Å². The van der Waals surface area contributed by atoms with Crippen LogP contribution < -0.4 is 9.47 Å². The van der Waals surface area contributed by atoms with Crippen LogP contribution in [0.25, 0.3) is 0 Å². The number of carbonyl (C=O) groups is 2. The molecule has 186 valence electrons. The minimum absolute atomic E-state index is 0.0304. The number of likely N-dealkylation sites (N-methyl/N-ethyl adjacent to an activating group) is 1. The lowest BCUT2D eigenvalue weighted by Crippen LogP contribution is -2.54. The van der Waals surface area contributed by atoms with Gasteiger partial charge in [0.2, 0.25) is 0 Å². The van der Waals surface area contributed by atoms with Crippen LogP contribution in [0.3, 0.4) is 0 Å². The molecule has 3 aliphatic heterocycles. The van der Waals surface area contributed by atoms with Crippen molar-refractivity contribution in [3.63, 3.8) is 0 Å². The van der Waals surface area contributed by atoms with E-state index in [4.69, 9.17) is 9.47 Å². The van der Waals surface area contributed by atoms with Crippen molar-refractivity contribution >= 4 is 11.9 Å². The fourth-order valence-electron chi connectivity index (χ4n) is 6.19. The summed E-state index contributed by atoms with van der Waals surface area (Å²) in [6.45, 7) is 6.51. The van der Waals surface area contributed by atoms with Crippen molar-refractivity contribution in [3.05, 3.63) is 59.1 Å². The van der Waals surface area contributed by atoms with Crippen LogP contribution in [0.1, 0.15) is 54.2 Å². The summed E-state index contributed by atoms with van der Waals surface area (Å²) >= 11 is 0. The quantitative estimate of drug-likeness (QED) is 0.667. The van der Waals surface area contributed by atoms with Gasteiger partial charge in [-0.3, -0.25) is 9.69 Å².